The lowest BCUT2D eigenvalue weighted by Gasteiger charge is -2.05. The molecule has 6 nitrogen and oxygen atoms in total. The summed E-state index contributed by atoms with van der Waals surface area (Å²) in [5.41, 5.74) is 0.248. The topological polar surface area (TPSA) is 56.4 Å². The normalized spacial score (nSPS) is 10.8. The minimum Gasteiger partial charge on any atom is -0.299 e. The highest BCUT2D eigenvalue weighted by Gasteiger charge is 2.23. The van der Waals surface area contributed by atoms with E-state index < -0.39 is 0 Å². The van der Waals surface area contributed by atoms with Gasteiger partial charge < -0.3 is 0 Å². The average Bonchev–Trinajstić information content (AvgIpc) is 2.32. The van der Waals surface area contributed by atoms with Crippen molar-refractivity contribution in [3.05, 3.63) is 16.1 Å². The Morgan fingerprint density at radius 1 is 1.38 bits per heavy atom. The predicted molar refractivity (Wildman–Crippen MR) is 47.0 cm³/mol. The van der Waals surface area contributed by atoms with Gasteiger partial charge in [0.1, 0.15) is 0 Å². The molecule has 1 rings (SSSR count). The van der Waals surface area contributed by atoms with E-state index in [1.165, 1.54) is 0 Å². The fourth-order valence-corrected chi connectivity index (χ4v) is 1.04. The molecule has 0 unspecified atom stereocenters. The summed E-state index contributed by atoms with van der Waals surface area (Å²) in [6.07, 6.45) is 0. The molecular formula is C7H15N4O2+. The minimum atomic E-state index is -0.331. The molecule has 0 amide bonds. The van der Waals surface area contributed by atoms with Crippen molar-refractivity contribution in [2.45, 2.75) is 6.54 Å². The predicted octanol–water partition coefficient (Wildman–Crippen LogP) is -1.49. The number of aromatic amines is 1. The Balaban J connectivity index is 3.02. The maximum atomic E-state index is 11.2. The molecule has 0 saturated carbocycles. The third-order valence-electron chi connectivity index (χ3n) is 1.58. The van der Waals surface area contributed by atoms with Gasteiger partial charge in [-0.1, -0.05) is 0 Å². The summed E-state index contributed by atoms with van der Waals surface area (Å²) in [6, 6.07) is 0. The molecule has 1 aromatic rings. The van der Waals surface area contributed by atoms with Gasteiger partial charge in [-0.05, 0) is 14.1 Å². The van der Waals surface area contributed by atoms with Crippen LogP contribution in [0.2, 0.25) is 0 Å². The molecular weight excluding hydrogens is 172 g/mol. The van der Waals surface area contributed by atoms with Gasteiger partial charge in [0.15, 0.2) is 0 Å². The van der Waals surface area contributed by atoms with Crippen molar-refractivity contribution in [2.75, 3.05) is 33.2 Å². The van der Waals surface area contributed by atoms with Gasteiger partial charge in [-0.15, -0.1) is 0 Å². The van der Waals surface area contributed by atoms with Crippen LogP contribution < -0.4 is 15.4 Å². The monoisotopic (exact) mass is 187 g/mol. The van der Waals surface area contributed by atoms with E-state index in [9.17, 15) is 4.79 Å². The molecule has 1 N–H and O–H groups in total. The summed E-state index contributed by atoms with van der Waals surface area (Å²) >= 11 is 0. The van der Waals surface area contributed by atoms with Crippen LogP contribution in [0.4, 0.5) is 0 Å². The molecule has 0 aliphatic heterocycles. The number of hydrogen-bond donors (Lipinski definition) is 1. The van der Waals surface area contributed by atoms with E-state index in [1.807, 2.05) is 33.1 Å². The van der Waals surface area contributed by atoms with Gasteiger partial charge >= 0.3 is 11.3 Å². The highest BCUT2D eigenvalue weighted by Crippen LogP contribution is 1.86. The fraction of sp³-hybridized carbons (Fsp3) is 0.714. The second kappa shape index (κ2) is 3.61. The number of nitrogens with one attached hydrogen (secondary N) is 1. The number of aromatic nitrogens is 2. The van der Waals surface area contributed by atoms with Gasteiger partial charge in [-0.3, -0.25) is 9.42 Å². The molecule has 6 heteroatoms. The molecule has 0 radical (unpaired) electrons. The van der Waals surface area contributed by atoms with E-state index in [2.05, 4.69) is 9.79 Å². The second-order valence-corrected chi connectivity index (χ2v) is 3.32. The van der Waals surface area contributed by atoms with Crippen molar-refractivity contribution < 1.29 is 9.31 Å². The Hall–Kier alpha value is -1.30. The number of H-pyrrole nitrogens is 1. The van der Waals surface area contributed by atoms with E-state index in [1.54, 1.807) is 9.80 Å². The summed E-state index contributed by atoms with van der Waals surface area (Å²) in [7, 11) is 7.44. The van der Waals surface area contributed by atoms with Gasteiger partial charge in [0.05, 0.1) is 20.6 Å². The molecule has 0 atom stereocenters. The van der Waals surface area contributed by atoms with Crippen molar-refractivity contribution in [3.8, 4) is 0 Å². The first-order chi connectivity index (χ1) is 6.02. The number of nitrogens with zero attached hydrogens (tertiary/aromatic N) is 3. The third-order valence-corrected chi connectivity index (χ3v) is 1.58. The molecule has 0 fully saturated rings. The molecule has 74 valence electrons. The molecule has 0 spiro atoms. The van der Waals surface area contributed by atoms with Crippen LogP contribution in [0.3, 0.4) is 0 Å². The Bertz CT molecular complexity index is 325. The largest absolute Gasteiger partial charge is 0.434 e. The molecule has 0 saturated heterocycles. The lowest BCUT2D eigenvalue weighted by atomic mass is 10.4. The van der Waals surface area contributed by atoms with E-state index in [4.69, 9.17) is 0 Å². The molecule has 0 aliphatic rings. The van der Waals surface area contributed by atoms with Gasteiger partial charge in [-0.2, -0.15) is 5.01 Å². The van der Waals surface area contributed by atoms with Crippen molar-refractivity contribution in [1.29, 1.82) is 0 Å². The van der Waals surface area contributed by atoms with Crippen molar-refractivity contribution in [2.24, 2.45) is 0 Å². The molecule has 1 heterocycles. The van der Waals surface area contributed by atoms with Crippen LogP contribution >= 0.6 is 0 Å². The zero-order valence-electron chi connectivity index (χ0n) is 8.37. The first kappa shape index (κ1) is 9.79. The maximum Gasteiger partial charge on any atom is 0.434 e. The summed E-state index contributed by atoms with van der Waals surface area (Å²) < 4.78 is 4.67. The molecule has 0 aliphatic carbocycles. The van der Waals surface area contributed by atoms with E-state index >= 15 is 0 Å². The van der Waals surface area contributed by atoms with E-state index in [0.717, 1.165) is 0 Å². The van der Waals surface area contributed by atoms with Crippen LogP contribution in [0.25, 0.3) is 0 Å². The number of rotatable bonds is 3. The van der Waals surface area contributed by atoms with Gasteiger partial charge in [0.2, 0.25) is 0 Å². The Kier molecular flexibility index (Phi) is 2.72. The summed E-state index contributed by atoms with van der Waals surface area (Å²) in [4.78, 5) is 14.7. The first-order valence-electron chi connectivity index (χ1n) is 3.97. The van der Waals surface area contributed by atoms with Crippen LogP contribution in [0, 0.1) is 0 Å². The smallest absolute Gasteiger partial charge is 0.299 e. The lowest BCUT2D eigenvalue weighted by Crippen LogP contribution is -2.58. The molecule has 1 aromatic heterocycles. The Labute approximate surface area is 76.3 Å². The summed E-state index contributed by atoms with van der Waals surface area (Å²) in [5, 5.41) is 4.25. The lowest BCUT2D eigenvalue weighted by molar-refractivity contribution is -0.760. The highest BCUT2D eigenvalue weighted by molar-refractivity contribution is 4.82. The minimum absolute atomic E-state index is 0.331. The number of hydrogen-bond acceptors (Lipinski definition) is 4. The van der Waals surface area contributed by atoms with Crippen molar-refractivity contribution in [3.63, 3.8) is 0 Å². The second-order valence-electron chi connectivity index (χ2n) is 3.32. The van der Waals surface area contributed by atoms with Gasteiger partial charge in [0, 0.05) is 10.1 Å². The van der Waals surface area contributed by atoms with Crippen molar-refractivity contribution >= 4 is 0 Å². The van der Waals surface area contributed by atoms with Gasteiger partial charge in [-0.25, -0.2) is 4.79 Å². The molecule has 0 bridgehead atoms. The summed E-state index contributed by atoms with van der Waals surface area (Å²) in [5.74, 6) is 0. The van der Waals surface area contributed by atoms with Crippen LogP contribution in [-0.2, 0) is 6.54 Å². The van der Waals surface area contributed by atoms with E-state index in [-0.39, 0.29) is 5.63 Å². The fourth-order valence-electron chi connectivity index (χ4n) is 1.04. The van der Waals surface area contributed by atoms with Crippen LogP contribution in [-0.4, -0.2) is 38.4 Å². The first-order valence-corrected chi connectivity index (χ1v) is 3.97. The van der Waals surface area contributed by atoms with Crippen molar-refractivity contribution in [1.82, 2.24) is 10.2 Å². The Morgan fingerprint density at radius 2 is 2.00 bits per heavy atom. The van der Waals surface area contributed by atoms with Crippen LogP contribution in [0.15, 0.2) is 9.32 Å². The Morgan fingerprint density at radius 3 is 2.46 bits per heavy atom. The summed E-state index contributed by atoms with van der Waals surface area (Å²) in [6.45, 7) is 0.546. The van der Waals surface area contributed by atoms with Gasteiger partial charge in [0.25, 0.3) is 0 Å². The maximum absolute atomic E-state index is 11.2. The SMILES string of the molecule is CN(C)Cc1c(=O)o[nH][n+]1N(C)C. The standard InChI is InChI=1S/C7H14N4O2/c1-9(2)5-6-7(12)13-8-11(6)10(3)4/h5H2,1-4H3/p+1. The van der Waals surface area contributed by atoms with Crippen LogP contribution in [0.1, 0.15) is 5.69 Å². The van der Waals surface area contributed by atoms with Crippen LogP contribution in [0.5, 0.6) is 0 Å². The molecule has 13 heavy (non-hydrogen) atoms. The molecule has 0 aromatic carbocycles. The zero-order chi connectivity index (χ0) is 10.0. The zero-order valence-corrected chi connectivity index (χ0v) is 8.37. The highest BCUT2D eigenvalue weighted by atomic mass is 16.5. The quantitative estimate of drug-likeness (QED) is 0.586. The third kappa shape index (κ3) is 2.09. The average molecular weight is 187 g/mol. The van der Waals surface area contributed by atoms with E-state index in [0.29, 0.717) is 12.2 Å².